The molecule has 0 saturated heterocycles. The van der Waals surface area contributed by atoms with E-state index in [1.807, 2.05) is 42.5 Å². The summed E-state index contributed by atoms with van der Waals surface area (Å²) in [5.41, 5.74) is 1.65. The Bertz CT molecular complexity index is 1120. The summed E-state index contributed by atoms with van der Waals surface area (Å²) in [5, 5.41) is 0. The summed E-state index contributed by atoms with van der Waals surface area (Å²) in [5.74, 6) is 0.731. The van der Waals surface area contributed by atoms with Gasteiger partial charge < -0.3 is 18.6 Å². The maximum atomic E-state index is 12.6. The maximum Gasteiger partial charge on any atom is 0.343 e. The lowest BCUT2D eigenvalue weighted by molar-refractivity contribution is -0.135. The SMILES string of the molecule is COc1cccc([C@@H]2CC(=O)Oc3cc(C)oc(=O)c32)c1OCCc1ccccc1. The minimum atomic E-state index is -0.542. The van der Waals surface area contributed by atoms with Gasteiger partial charge in [-0.15, -0.1) is 0 Å². The number of methoxy groups -OCH3 is 1. The van der Waals surface area contributed by atoms with Gasteiger partial charge in [0.15, 0.2) is 11.5 Å². The van der Waals surface area contributed by atoms with Crippen molar-refractivity contribution in [1.29, 1.82) is 0 Å². The van der Waals surface area contributed by atoms with E-state index in [9.17, 15) is 9.59 Å². The number of fused-ring (bicyclic) bond motifs is 1. The van der Waals surface area contributed by atoms with Crippen LogP contribution in [-0.4, -0.2) is 19.7 Å². The normalized spacial score (nSPS) is 15.3. The highest BCUT2D eigenvalue weighted by molar-refractivity contribution is 5.78. The number of esters is 1. The molecule has 0 spiro atoms. The van der Waals surface area contributed by atoms with E-state index in [0.717, 1.165) is 5.56 Å². The fourth-order valence-corrected chi connectivity index (χ4v) is 3.73. The second-order valence-electron chi connectivity index (χ2n) is 7.12. The van der Waals surface area contributed by atoms with Gasteiger partial charge in [-0.3, -0.25) is 4.79 Å². The van der Waals surface area contributed by atoms with Crippen LogP contribution in [0, 0.1) is 6.92 Å². The number of carbonyl (C=O) groups is 1. The van der Waals surface area contributed by atoms with Crippen molar-refractivity contribution in [3.05, 3.63) is 87.5 Å². The van der Waals surface area contributed by atoms with Gasteiger partial charge in [0.2, 0.25) is 0 Å². The molecular weight excluding hydrogens is 384 g/mol. The first kappa shape index (κ1) is 19.8. The molecule has 0 saturated carbocycles. The number of hydrogen-bond donors (Lipinski definition) is 0. The van der Waals surface area contributed by atoms with Crippen LogP contribution in [0.4, 0.5) is 0 Å². The van der Waals surface area contributed by atoms with E-state index in [1.165, 1.54) is 0 Å². The highest BCUT2D eigenvalue weighted by Crippen LogP contribution is 2.43. The van der Waals surface area contributed by atoms with Crippen LogP contribution in [0.3, 0.4) is 0 Å². The van der Waals surface area contributed by atoms with Gasteiger partial charge in [0, 0.05) is 24.0 Å². The van der Waals surface area contributed by atoms with Crippen LogP contribution in [0.1, 0.15) is 34.8 Å². The Morgan fingerprint density at radius 2 is 1.87 bits per heavy atom. The van der Waals surface area contributed by atoms with E-state index < -0.39 is 17.5 Å². The minimum absolute atomic E-state index is 0.0169. The van der Waals surface area contributed by atoms with E-state index in [0.29, 0.717) is 41.4 Å². The van der Waals surface area contributed by atoms with Gasteiger partial charge in [0.1, 0.15) is 11.5 Å². The standard InChI is InChI=1S/C24H22O6/c1-15-13-20-22(24(26)29-15)18(14-21(25)30-20)17-9-6-10-19(27-2)23(17)28-12-11-16-7-4-3-5-8-16/h3-10,13,18H,11-12,14H2,1-2H3/t18-/m0/s1. The molecule has 2 aromatic carbocycles. The molecule has 6 nitrogen and oxygen atoms in total. The van der Waals surface area contributed by atoms with Gasteiger partial charge in [-0.1, -0.05) is 42.5 Å². The number of carbonyl (C=O) groups excluding carboxylic acids is 1. The predicted molar refractivity (Wildman–Crippen MR) is 110 cm³/mol. The van der Waals surface area contributed by atoms with Crippen LogP contribution in [-0.2, 0) is 11.2 Å². The summed E-state index contributed by atoms with van der Waals surface area (Å²) in [7, 11) is 1.56. The molecule has 30 heavy (non-hydrogen) atoms. The van der Waals surface area contributed by atoms with Crippen LogP contribution < -0.4 is 19.8 Å². The lowest BCUT2D eigenvalue weighted by atomic mass is 9.86. The molecule has 0 fully saturated rings. The molecule has 0 bridgehead atoms. The highest BCUT2D eigenvalue weighted by atomic mass is 16.5. The number of para-hydroxylation sites is 1. The Labute approximate surface area is 174 Å². The Kier molecular flexibility index (Phi) is 5.57. The first-order valence-corrected chi connectivity index (χ1v) is 9.75. The highest BCUT2D eigenvalue weighted by Gasteiger charge is 2.34. The van der Waals surface area contributed by atoms with E-state index >= 15 is 0 Å². The fraction of sp³-hybridized carbons (Fsp3) is 0.250. The average molecular weight is 406 g/mol. The summed E-state index contributed by atoms with van der Waals surface area (Å²) in [6.45, 7) is 2.06. The number of rotatable bonds is 6. The van der Waals surface area contributed by atoms with E-state index in [2.05, 4.69) is 0 Å². The van der Waals surface area contributed by atoms with Gasteiger partial charge in [0.05, 0.1) is 25.7 Å². The molecule has 4 rings (SSSR count). The molecule has 0 aliphatic carbocycles. The Morgan fingerprint density at radius 1 is 1.07 bits per heavy atom. The molecule has 154 valence electrons. The molecular formula is C24H22O6. The van der Waals surface area contributed by atoms with Gasteiger partial charge in [0.25, 0.3) is 0 Å². The monoisotopic (exact) mass is 406 g/mol. The van der Waals surface area contributed by atoms with Gasteiger partial charge in [-0.05, 0) is 18.6 Å². The summed E-state index contributed by atoms with van der Waals surface area (Å²) in [6, 6.07) is 17.0. The average Bonchev–Trinajstić information content (AvgIpc) is 2.73. The Hall–Kier alpha value is -3.54. The van der Waals surface area contributed by atoms with Crippen LogP contribution in [0.25, 0.3) is 0 Å². The Morgan fingerprint density at radius 3 is 2.63 bits per heavy atom. The molecule has 1 aliphatic rings. The molecule has 0 N–H and O–H groups in total. The summed E-state index contributed by atoms with van der Waals surface area (Å²) in [4.78, 5) is 24.9. The van der Waals surface area contributed by atoms with Gasteiger partial charge >= 0.3 is 11.6 Å². The van der Waals surface area contributed by atoms with Crippen molar-refractivity contribution in [3.63, 3.8) is 0 Å². The molecule has 3 aromatic rings. The van der Waals surface area contributed by atoms with Crippen molar-refractivity contribution in [2.75, 3.05) is 13.7 Å². The van der Waals surface area contributed by atoms with E-state index in [4.69, 9.17) is 18.6 Å². The molecule has 0 radical (unpaired) electrons. The zero-order chi connectivity index (χ0) is 21.1. The number of benzene rings is 2. The number of hydrogen-bond acceptors (Lipinski definition) is 6. The lowest BCUT2D eigenvalue weighted by Crippen LogP contribution is -2.27. The fourth-order valence-electron chi connectivity index (χ4n) is 3.73. The van der Waals surface area contributed by atoms with Crippen molar-refractivity contribution < 1.29 is 23.4 Å². The zero-order valence-corrected chi connectivity index (χ0v) is 16.8. The predicted octanol–water partition coefficient (Wildman–Crippen LogP) is 4.02. The van der Waals surface area contributed by atoms with Gasteiger partial charge in [-0.2, -0.15) is 0 Å². The second kappa shape index (κ2) is 8.45. The maximum absolute atomic E-state index is 12.6. The largest absolute Gasteiger partial charge is 0.493 e. The third-order valence-corrected chi connectivity index (χ3v) is 5.10. The van der Waals surface area contributed by atoms with Crippen LogP contribution >= 0.6 is 0 Å². The number of aryl methyl sites for hydroxylation is 1. The first-order valence-electron chi connectivity index (χ1n) is 9.75. The number of ether oxygens (including phenoxy) is 3. The summed E-state index contributed by atoms with van der Waals surface area (Å²) in [6.07, 6.45) is 0.728. The van der Waals surface area contributed by atoms with Crippen LogP contribution in [0.15, 0.2) is 63.8 Å². The third kappa shape index (κ3) is 3.94. The summed E-state index contributed by atoms with van der Waals surface area (Å²) < 4.78 is 22.2. The molecule has 0 amide bonds. The molecule has 0 unspecified atom stereocenters. The van der Waals surface area contributed by atoms with Crippen molar-refractivity contribution in [2.45, 2.75) is 25.7 Å². The zero-order valence-electron chi connectivity index (χ0n) is 16.8. The van der Waals surface area contributed by atoms with Crippen molar-refractivity contribution in [2.24, 2.45) is 0 Å². The molecule has 1 aliphatic heterocycles. The van der Waals surface area contributed by atoms with Gasteiger partial charge in [-0.25, -0.2) is 4.79 Å². The van der Waals surface area contributed by atoms with Crippen molar-refractivity contribution in [1.82, 2.24) is 0 Å². The third-order valence-electron chi connectivity index (χ3n) is 5.10. The topological polar surface area (TPSA) is 75.0 Å². The molecule has 1 aromatic heterocycles. The first-order chi connectivity index (χ1) is 14.6. The van der Waals surface area contributed by atoms with E-state index in [1.54, 1.807) is 26.2 Å². The van der Waals surface area contributed by atoms with Crippen LogP contribution in [0.5, 0.6) is 17.2 Å². The molecule has 1 atom stereocenters. The molecule has 2 heterocycles. The second-order valence-corrected chi connectivity index (χ2v) is 7.12. The van der Waals surface area contributed by atoms with E-state index in [-0.39, 0.29) is 12.2 Å². The Balaban J connectivity index is 1.71. The molecule has 6 heteroatoms. The minimum Gasteiger partial charge on any atom is -0.493 e. The quantitative estimate of drug-likeness (QED) is 0.576. The summed E-state index contributed by atoms with van der Waals surface area (Å²) >= 11 is 0. The van der Waals surface area contributed by atoms with Crippen molar-refractivity contribution >= 4 is 5.97 Å². The van der Waals surface area contributed by atoms with Crippen LogP contribution in [0.2, 0.25) is 0 Å². The van der Waals surface area contributed by atoms with Crippen molar-refractivity contribution in [3.8, 4) is 17.2 Å². The lowest BCUT2D eigenvalue weighted by Gasteiger charge is -2.26. The smallest absolute Gasteiger partial charge is 0.343 e.